The van der Waals surface area contributed by atoms with Gasteiger partial charge in [-0.15, -0.1) is 0 Å². The smallest absolute Gasteiger partial charge is 0.427 e. The van der Waals surface area contributed by atoms with Crippen LogP contribution in [-0.4, -0.2) is 31.3 Å². The van der Waals surface area contributed by atoms with Gasteiger partial charge < -0.3 is 14.2 Å². The summed E-state index contributed by atoms with van der Waals surface area (Å²) in [6, 6.07) is 0. The fourth-order valence-corrected chi connectivity index (χ4v) is 0.964. The Balaban J connectivity index is 2.81. The van der Waals surface area contributed by atoms with E-state index in [4.69, 9.17) is 0 Å². The maximum atomic E-state index is 13.0. The zero-order chi connectivity index (χ0) is 13.3. The van der Waals surface area contributed by atoms with E-state index in [0.717, 1.165) is 0 Å². The predicted molar refractivity (Wildman–Crippen MR) is 46.7 cm³/mol. The van der Waals surface area contributed by atoms with Gasteiger partial charge in [-0.2, -0.15) is 13.2 Å². The molecule has 1 rings (SSSR count). The molecule has 1 saturated heterocycles. The van der Waals surface area contributed by atoms with Crippen molar-refractivity contribution >= 4 is 6.16 Å². The van der Waals surface area contributed by atoms with Crippen molar-refractivity contribution in [1.29, 1.82) is 0 Å². The number of alkyl halides is 3. The third kappa shape index (κ3) is 2.87. The Morgan fingerprint density at radius 3 is 2.41 bits per heavy atom. The molecule has 1 fully saturated rings. The second-order valence-electron chi connectivity index (χ2n) is 3.58. The maximum Gasteiger partial charge on any atom is 0.511 e. The van der Waals surface area contributed by atoms with Crippen LogP contribution < -0.4 is 0 Å². The molecule has 1 aliphatic rings. The minimum Gasteiger partial charge on any atom is -0.427 e. The van der Waals surface area contributed by atoms with Crippen molar-refractivity contribution in [1.82, 2.24) is 0 Å². The molecule has 0 N–H and O–H groups in total. The minimum atomic E-state index is -5.00. The lowest BCUT2D eigenvalue weighted by molar-refractivity contribution is -0.347. The van der Waals surface area contributed by atoms with Crippen molar-refractivity contribution in [3.63, 3.8) is 0 Å². The first-order valence-electron chi connectivity index (χ1n) is 4.56. The zero-order valence-corrected chi connectivity index (χ0v) is 9.06. The van der Waals surface area contributed by atoms with Gasteiger partial charge in [0.1, 0.15) is 12.4 Å². The summed E-state index contributed by atoms with van der Waals surface area (Å²) in [6.07, 6.45) is -6.50. The van der Waals surface area contributed by atoms with Crippen LogP contribution in [0.1, 0.15) is 13.8 Å². The first-order valence-corrected chi connectivity index (χ1v) is 4.56. The summed E-state index contributed by atoms with van der Waals surface area (Å²) in [7, 11) is 0. The number of hydrogen-bond donors (Lipinski definition) is 0. The second kappa shape index (κ2) is 4.52. The van der Waals surface area contributed by atoms with Gasteiger partial charge in [0.25, 0.3) is 0 Å². The van der Waals surface area contributed by atoms with Crippen LogP contribution in [0.3, 0.4) is 0 Å². The summed E-state index contributed by atoms with van der Waals surface area (Å²) in [6.45, 7) is 0.649. The lowest BCUT2D eigenvalue weighted by atomic mass is 10.3. The first-order chi connectivity index (χ1) is 7.68. The third-order valence-corrected chi connectivity index (χ3v) is 2.03. The zero-order valence-electron chi connectivity index (χ0n) is 9.06. The Morgan fingerprint density at radius 1 is 1.47 bits per heavy atom. The number of carbonyl (C=O) groups is 1. The number of cyclic esters (lactones) is 2. The largest absolute Gasteiger partial charge is 0.511 e. The summed E-state index contributed by atoms with van der Waals surface area (Å²) in [5.41, 5.74) is 0.174. The minimum absolute atomic E-state index is 0.174. The maximum absolute atomic E-state index is 13.0. The van der Waals surface area contributed by atoms with Gasteiger partial charge in [-0.05, 0) is 19.4 Å². The Bertz CT molecular complexity index is 345. The van der Waals surface area contributed by atoms with Gasteiger partial charge >= 0.3 is 18.1 Å². The van der Waals surface area contributed by atoms with E-state index >= 15 is 0 Å². The molecule has 4 nitrogen and oxygen atoms in total. The molecule has 1 aliphatic heterocycles. The van der Waals surface area contributed by atoms with Gasteiger partial charge in [-0.3, -0.25) is 0 Å². The van der Waals surface area contributed by atoms with Crippen molar-refractivity contribution < 1.29 is 36.6 Å². The fourth-order valence-electron chi connectivity index (χ4n) is 0.964. The summed E-state index contributed by atoms with van der Waals surface area (Å²) < 4.78 is 63.2. The van der Waals surface area contributed by atoms with Crippen LogP contribution in [0.15, 0.2) is 11.4 Å². The normalized spacial score (nSPS) is 24.2. The molecular weight excluding hydrogens is 248 g/mol. The highest BCUT2D eigenvalue weighted by molar-refractivity contribution is 5.62. The van der Waals surface area contributed by atoms with Crippen LogP contribution in [0.4, 0.5) is 22.4 Å². The highest BCUT2D eigenvalue weighted by Gasteiger charge is 2.65. The van der Waals surface area contributed by atoms with Gasteiger partial charge in [-0.25, -0.2) is 9.18 Å². The second-order valence-corrected chi connectivity index (χ2v) is 3.58. The predicted octanol–water partition coefficient (Wildman–Crippen LogP) is 2.69. The Labute approximate surface area is 94.1 Å². The Hall–Kier alpha value is -1.31. The molecule has 0 saturated carbocycles. The van der Waals surface area contributed by atoms with Crippen LogP contribution in [-0.2, 0) is 14.2 Å². The summed E-state index contributed by atoms with van der Waals surface area (Å²) >= 11 is 0. The molecule has 0 bridgehead atoms. The highest BCUT2D eigenvalue weighted by Crippen LogP contribution is 2.39. The number of allylic oxidation sites excluding steroid dienone is 1. The summed E-state index contributed by atoms with van der Waals surface area (Å²) in [5.74, 6) is -4.09. The number of halogens is 4. The van der Waals surface area contributed by atoms with E-state index < -0.39 is 37.2 Å². The average Bonchev–Trinajstić information content (AvgIpc) is 2.56. The van der Waals surface area contributed by atoms with Crippen molar-refractivity contribution in [2.45, 2.75) is 25.8 Å². The molecule has 1 atom stereocenters. The quantitative estimate of drug-likeness (QED) is 0.576. The standard InChI is InChI=1S/C9H10F4O4/c1-5(2)6(10)3-16-8(9(11,12)13)4-15-7(14)17-8/h3-4H2,1-2H3. The molecule has 8 heteroatoms. The van der Waals surface area contributed by atoms with Crippen LogP contribution >= 0.6 is 0 Å². The summed E-state index contributed by atoms with van der Waals surface area (Å²) in [5, 5.41) is 0. The van der Waals surface area contributed by atoms with Crippen molar-refractivity contribution in [2.24, 2.45) is 0 Å². The van der Waals surface area contributed by atoms with Gasteiger partial charge in [0.15, 0.2) is 6.61 Å². The molecule has 0 aromatic rings. The third-order valence-electron chi connectivity index (χ3n) is 2.03. The Morgan fingerprint density at radius 2 is 2.06 bits per heavy atom. The van der Waals surface area contributed by atoms with Gasteiger partial charge in [-0.1, -0.05) is 0 Å². The number of rotatable bonds is 3. The topological polar surface area (TPSA) is 44.8 Å². The monoisotopic (exact) mass is 258 g/mol. The highest BCUT2D eigenvalue weighted by atomic mass is 19.4. The van der Waals surface area contributed by atoms with E-state index in [0.29, 0.717) is 0 Å². The molecule has 0 aromatic carbocycles. The number of hydrogen-bond acceptors (Lipinski definition) is 4. The van der Waals surface area contributed by atoms with E-state index in [1.54, 1.807) is 0 Å². The molecule has 98 valence electrons. The van der Waals surface area contributed by atoms with E-state index in [9.17, 15) is 22.4 Å². The lowest BCUT2D eigenvalue weighted by Gasteiger charge is -2.26. The van der Waals surface area contributed by atoms with E-state index in [2.05, 4.69) is 14.2 Å². The van der Waals surface area contributed by atoms with E-state index in [-0.39, 0.29) is 5.57 Å². The van der Waals surface area contributed by atoms with Crippen LogP contribution in [0, 0.1) is 0 Å². The van der Waals surface area contributed by atoms with Crippen LogP contribution in [0.25, 0.3) is 0 Å². The average molecular weight is 258 g/mol. The fraction of sp³-hybridized carbons (Fsp3) is 0.667. The molecule has 17 heavy (non-hydrogen) atoms. The van der Waals surface area contributed by atoms with E-state index in [1.807, 2.05) is 0 Å². The molecule has 0 amide bonds. The number of carbonyl (C=O) groups excluding carboxylic acids is 1. The molecule has 0 spiro atoms. The molecule has 1 heterocycles. The van der Waals surface area contributed by atoms with Crippen LogP contribution in [0.2, 0.25) is 0 Å². The first kappa shape index (κ1) is 13.8. The Kier molecular flexibility index (Phi) is 3.65. The summed E-state index contributed by atoms with van der Waals surface area (Å²) in [4.78, 5) is 10.6. The lowest BCUT2D eigenvalue weighted by Crippen LogP contribution is -2.50. The van der Waals surface area contributed by atoms with Crippen LogP contribution in [0.5, 0.6) is 0 Å². The number of ether oxygens (including phenoxy) is 3. The molecular formula is C9H10F4O4. The molecule has 0 aromatic heterocycles. The van der Waals surface area contributed by atoms with Gasteiger partial charge in [0, 0.05) is 0 Å². The van der Waals surface area contributed by atoms with Gasteiger partial charge in [0.2, 0.25) is 0 Å². The van der Waals surface area contributed by atoms with Crippen molar-refractivity contribution in [2.75, 3.05) is 13.2 Å². The molecule has 1 unspecified atom stereocenters. The van der Waals surface area contributed by atoms with Crippen molar-refractivity contribution in [3.8, 4) is 0 Å². The SMILES string of the molecule is CC(C)=C(F)COC1(C(F)(F)F)COC(=O)O1. The van der Waals surface area contributed by atoms with E-state index in [1.165, 1.54) is 13.8 Å². The van der Waals surface area contributed by atoms with Crippen molar-refractivity contribution in [3.05, 3.63) is 11.4 Å². The molecule has 0 radical (unpaired) electrons. The van der Waals surface area contributed by atoms with Gasteiger partial charge in [0.05, 0.1) is 0 Å². The molecule has 0 aliphatic carbocycles.